The number of nitrogens with zero attached hydrogens (tertiary/aromatic N) is 1. The number of rotatable bonds is 7. The summed E-state index contributed by atoms with van der Waals surface area (Å²) >= 11 is 1.23. The van der Waals surface area contributed by atoms with Crippen molar-refractivity contribution in [2.24, 2.45) is 4.99 Å². The number of hydrogen-bond acceptors (Lipinski definition) is 7. The lowest BCUT2D eigenvalue weighted by Gasteiger charge is -2.08. The maximum atomic E-state index is 12.3. The van der Waals surface area contributed by atoms with Crippen LogP contribution in [0.5, 0.6) is 11.5 Å². The largest absolute Gasteiger partial charge is 0.494 e. The second kappa shape index (κ2) is 9.79. The quantitative estimate of drug-likeness (QED) is 0.553. The number of carbonyl (C=O) groups is 2. The van der Waals surface area contributed by atoms with Crippen molar-refractivity contribution in [2.45, 2.75) is 6.92 Å². The Morgan fingerprint density at radius 3 is 2.62 bits per heavy atom. The Morgan fingerprint density at radius 2 is 1.90 bits per heavy atom. The summed E-state index contributed by atoms with van der Waals surface area (Å²) in [6.45, 7) is 2.31. The van der Waals surface area contributed by atoms with Crippen LogP contribution in [0.2, 0.25) is 0 Å². The number of para-hydroxylation sites is 1. The van der Waals surface area contributed by atoms with Gasteiger partial charge in [0, 0.05) is 5.56 Å². The van der Waals surface area contributed by atoms with Gasteiger partial charge in [-0.3, -0.25) is 4.79 Å². The number of aliphatic imine (C=N–C) groups is 1. The summed E-state index contributed by atoms with van der Waals surface area (Å²) in [5.41, 5.74) is 1.38. The van der Waals surface area contributed by atoms with Gasteiger partial charge in [0.1, 0.15) is 11.5 Å². The molecular formula is C21H20N2O5S. The van der Waals surface area contributed by atoms with Crippen LogP contribution in [0, 0.1) is 0 Å². The van der Waals surface area contributed by atoms with Crippen LogP contribution in [0.4, 0.5) is 5.69 Å². The van der Waals surface area contributed by atoms with Crippen LogP contribution in [0.3, 0.4) is 0 Å². The molecule has 2 aromatic carbocycles. The SMILES string of the molecule is CCOc1ccc(N=C2NC(=O)/C(=C\c3ccccc3OCC(=O)OC)S2)cc1. The van der Waals surface area contributed by atoms with E-state index in [0.717, 1.165) is 5.75 Å². The van der Waals surface area contributed by atoms with Gasteiger partial charge in [0.25, 0.3) is 5.91 Å². The molecule has 1 aliphatic heterocycles. The summed E-state index contributed by atoms with van der Waals surface area (Å²) in [4.78, 5) is 28.6. The molecule has 3 rings (SSSR count). The predicted molar refractivity (Wildman–Crippen MR) is 112 cm³/mol. The Balaban J connectivity index is 1.75. The molecule has 1 amide bonds. The van der Waals surface area contributed by atoms with E-state index in [0.29, 0.717) is 33.7 Å². The van der Waals surface area contributed by atoms with E-state index in [1.54, 1.807) is 24.3 Å². The van der Waals surface area contributed by atoms with Crippen LogP contribution in [0.15, 0.2) is 58.4 Å². The molecule has 0 saturated carbocycles. The molecule has 7 nitrogen and oxygen atoms in total. The van der Waals surface area contributed by atoms with Gasteiger partial charge in [-0.1, -0.05) is 18.2 Å². The number of hydrogen-bond donors (Lipinski definition) is 1. The molecule has 150 valence electrons. The number of amidine groups is 1. The minimum absolute atomic E-state index is 0.208. The van der Waals surface area contributed by atoms with Gasteiger partial charge < -0.3 is 19.5 Å². The van der Waals surface area contributed by atoms with Crippen LogP contribution in [-0.4, -0.2) is 37.4 Å². The third-order valence-electron chi connectivity index (χ3n) is 3.81. The molecular weight excluding hydrogens is 392 g/mol. The molecule has 1 heterocycles. The smallest absolute Gasteiger partial charge is 0.343 e. The van der Waals surface area contributed by atoms with E-state index in [4.69, 9.17) is 9.47 Å². The Kier molecular flexibility index (Phi) is 6.91. The molecule has 1 fully saturated rings. The van der Waals surface area contributed by atoms with Crippen molar-refractivity contribution in [3.63, 3.8) is 0 Å². The van der Waals surface area contributed by atoms with Crippen molar-refractivity contribution in [1.29, 1.82) is 0 Å². The Labute approximate surface area is 172 Å². The highest BCUT2D eigenvalue weighted by Gasteiger charge is 2.24. The van der Waals surface area contributed by atoms with Crippen molar-refractivity contribution < 1.29 is 23.8 Å². The van der Waals surface area contributed by atoms with Gasteiger partial charge in [0.2, 0.25) is 0 Å². The number of benzene rings is 2. The fourth-order valence-corrected chi connectivity index (χ4v) is 3.28. The fraction of sp³-hybridized carbons (Fsp3) is 0.190. The van der Waals surface area contributed by atoms with Crippen LogP contribution < -0.4 is 14.8 Å². The Morgan fingerprint density at radius 1 is 1.14 bits per heavy atom. The van der Waals surface area contributed by atoms with Crippen LogP contribution in [-0.2, 0) is 14.3 Å². The minimum atomic E-state index is -0.481. The van der Waals surface area contributed by atoms with E-state index in [9.17, 15) is 9.59 Å². The highest BCUT2D eigenvalue weighted by molar-refractivity contribution is 8.18. The molecule has 29 heavy (non-hydrogen) atoms. The molecule has 1 saturated heterocycles. The van der Waals surface area contributed by atoms with Gasteiger partial charge in [0.15, 0.2) is 11.8 Å². The first-order valence-electron chi connectivity index (χ1n) is 8.90. The number of nitrogens with one attached hydrogen (secondary N) is 1. The maximum absolute atomic E-state index is 12.3. The molecule has 1 aliphatic rings. The zero-order valence-corrected chi connectivity index (χ0v) is 16.8. The average molecular weight is 412 g/mol. The molecule has 0 aliphatic carbocycles. The van der Waals surface area contributed by atoms with Crippen LogP contribution in [0.1, 0.15) is 12.5 Å². The standard InChI is InChI=1S/C21H20N2O5S/c1-3-27-16-10-8-15(9-11-16)22-21-23-20(25)18(29-21)12-14-6-4-5-7-17(14)28-13-19(24)26-2/h4-12H,3,13H2,1-2H3,(H,22,23,25)/b18-12+. The van der Waals surface area contributed by atoms with Crippen molar-refractivity contribution >= 4 is 40.6 Å². The average Bonchev–Trinajstić information content (AvgIpc) is 3.07. The van der Waals surface area contributed by atoms with Crippen LogP contribution in [0.25, 0.3) is 6.08 Å². The predicted octanol–water partition coefficient (Wildman–Crippen LogP) is 3.53. The normalized spacial score (nSPS) is 16.0. The third-order valence-corrected chi connectivity index (χ3v) is 4.72. The molecule has 0 bridgehead atoms. The number of thioether (sulfide) groups is 1. The van der Waals surface area contributed by atoms with Crippen molar-refractivity contribution in [2.75, 3.05) is 20.3 Å². The van der Waals surface area contributed by atoms with E-state index < -0.39 is 5.97 Å². The van der Waals surface area contributed by atoms with E-state index in [2.05, 4.69) is 15.0 Å². The zero-order chi connectivity index (χ0) is 20.6. The first-order valence-corrected chi connectivity index (χ1v) is 9.71. The van der Waals surface area contributed by atoms with Gasteiger partial charge in [0.05, 0.1) is 24.3 Å². The minimum Gasteiger partial charge on any atom is -0.494 e. The van der Waals surface area contributed by atoms with E-state index in [1.165, 1.54) is 18.9 Å². The second-order valence-corrected chi connectivity index (χ2v) is 6.84. The number of methoxy groups -OCH3 is 1. The molecule has 0 spiro atoms. The number of amides is 1. The molecule has 2 aromatic rings. The zero-order valence-electron chi connectivity index (χ0n) is 16.0. The fourth-order valence-electron chi connectivity index (χ4n) is 2.45. The van der Waals surface area contributed by atoms with Gasteiger partial charge in [-0.25, -0.2) is 9.79 Å². The Bertz CT molecular complexity index is 954. The summed E-state index contributed by atoms with van der Waals surface area (Å²) < 4.78 is 15.5. The lowest BCUT2D eigenvalue weighted by atomic mass is 10.2. The van der Waals surface area contributed by atoms with Crippen molar-refractivity contribution in [3.8, 4) is 11.5 Å². The highest BCUT2D eigenvalue weighted by Crippen LogP contribution is 2.31. The molecule has 1 N–H and O–H groups in total. The molecule has 8 heteroatoms. The number of ether oxygens (including phenoxy) is 3. The molecule has 0 unspecified atom stereocenters. The summed E-state index contributed by atoms with van der Waals surface area (Å²) in [6.07, 6.45) is 1.70. The van der Waals surface area contributed by atoms with Gasteiger partial charge in [-0.15, -0.1) is 0 Å². The topological polar surface area (TPSA) is 86.2 Å². The maximum Gasteiger partial charge on any atom is 0.343 e. The van der Waals surface area contributed by atoms with E-state index >= 15 is 0 Å². The lowest BCUT2D eigenvalue weighted by Crippen LogP contribution is -2.19. The van der Waals surface area contributed by atoms with E-state index in [-0.39, 0.29) is 12.5 Å². The van der Waals surface area contributed by atoms with Crippen molar-refractivity contribution in [3.05, 3.63) is 59.0 Å². The molecule has 0 radical (unpaired) electrons. The first kappa shape index (κ1) is 20.5. The molecule has 0 aromatic heterocycles. The number of esters is 1. The summed E-state index contributed by atoms with van der Waals surface area (Å²) in [5, 5.41) is 3.24. The summed E-state index contributed by atoms with van der Waals surface area (Å²) in [6, 6.07) is 14.4. The van der Waals surface area contributed by atoms with Gasteiger partial charge >= 0.3 is 5.97 Å². The van der Waals surface area contributed by atoms with Gasteiger partial charge in [-0.2, -0.15) is 0 Å². The monoisotopic (exact) mass is 412 g/mol. The summed E-state index contributed by atoms with van der Waals surface area (Å²) in [5.74, 6) is 0.520. The summed E-state index contributed by atoms with van der Waals surface area (Å²) in [7, 11) is 1.30. The highest BCUT2D eigenvalue weighted by atomic mass is 32.2. The van der Waals surface area contributed by atoms with Crippen molar-refractivity contribution in [1.82, 2.24) is 5.32 Å². The lowest BCUT2D eigenvalue weighted by molar-refractivity contribution is -0.142. The second-order valence-electron chi connectivity index (χ2n) is 5.81. The molecule has 0 atom stereocenters. The van der Waals surface area contributed by atoms with E-state index in [1.807, 2.05) is 37.3 Å². The van der Waals surface area contributed by atoms with Gasteiger partial charge in [-0.05, 0) is 55.1 Å². The number of carbonyl (C=O) groups excluding carboxylic acids is 2. The van der Waals surface area contributed by atoms with Crippen LogP contribution >= 0.6 is 11.8 Å². The Hall–Kier alpha value is -3.26. The third kappa shape index (κ3) is 5.61. The first-order chi connectivity index (χ1) is 14.1.